The molecule has 0 fully saturated rings. The van der Waals surface area contributed by atoms with Gasteiger partial charge in [0.05, 0.1) is 23.1 Å². The van der Waals surface area contributed by atoms with Gasteiger partial charge in [0.1, 0.15) is 0 Å². The third kappa shape index (κ3) is 4.88. The van der Waals surface area contributed by atoms with Gasteiger partial charge < -0.3 is 5.11 Å². The molecular weight excluding hydrogens is 467 g/mol. The Labute approximate surface area is 199 Å². The van der Waals surface area contributed by atoms with Crippen LogP contribution in [0.15, 0.2) is 66.1 Å². The Balaban J connectivity index is 1.70. The van der Waals surface area contributed by atoms with E-state index in [1.54, 1.807) is 23.1 Å². The molecule has 2 unspecified atom stereocenters. The van der Waals surface area contributed by atoms with Gasteiger partial charge in [-0.25, -0.2) is 4.98 Å². The molecule has 0 spiro atoms. The summed E-state index contributed by atoms with van der Waals surface area (Å²) in [5, 5.41) is 12.9. The zero-order valence-corrected chi connectivity index (χ0v) is 19.3. The molecule has 8 heteroatoms. The summed E-state index contributed by atoms with van der Waals surface area (Å²) < 4.78 is 0. The summed E-state index contributed by atoms with van der Waals surface area (Å²) in [4.78, 5) is 31.5. The highest BCUT2D eigenvalue weighted by Gasteiger charge is 2.36. The predicted octanol–water partition coefficient (Wildman–Crippen LogP) is 6.28. The summed E-state index contributed by atoms with van der Waals surface area (Å²) in [6.45, 7) is 0.326. The van der Waals surface area contributed by atoms with Crippen molar-refractivity contribution in [1.29, 1.82) is 0 Å². The first-order valence-corrected chi connectivity index (χ1v) is 11.7. The lowest BCUT2D eigenvalue weighted by molar-refractivity contribution is -0.141. The topological polar surface area (TPSA) is 70.5 Å². The number of anilines is 1. The minimum Gasteiger partial charge on any atom is -0.481 e. The van der Waals surface area contributed by atoms with Crippen LogP contribution in [0, 0.1) is 5.92 Å². The summed E-state index contributed by atoms with van der Waals surface area (Å²) in [5.41, 5.74) is 2.25. The van der Waals surface area contributed by atoms with E-state index < -0.39 is 11.9 Å². The number of halogens is 2. The quantitative estimate of drug-likeness (QED) is 0.430. The van der Waals surface area contributed by atoms with E-state index in [0.717, 1.165) is 5.56 Å². The molecule has 2 atom stereocenters. The highest BCUT2D eigenvalue weighted by Crippen LogP contribution is 2.38. The van der Waals surface area contributed by atoms with Gasteiger partial charge >= 0.3 is 5.97 Å². The largest absolute Gasteiger partial charge is 0.481 e. The van der Waals surface area contributed by atoms with Gasteiger partial charge in [-0.3, -0.25) is 14.5 Å². The second-order valence-corrected chi connectivity index (χ2v) is 9.20. The summed E-state index contributed by atoms with van der Waals surface area (Å²) in [6, 6.07) is 14.7. The first-order chi connectivity index (χ1) is 15.4. The summed E-state index contributed by atoms with van der Waals surface area (Å²) >= 11 is 13.7. The number of amides is 1. The molecule has 1 aromatic heterocycles. The lowest BCUT2D eigenvalue weighted by Gasteiger charge is -2.31. The molecule has 0 saturated carbocycles. The van der Waals surface area contributed by atoms with Gasteiger partial charge in [-0.05, 0) is 36.1 Å². The number of carboxylic acids is 1. The Morgan fingerprint density at radius 2 is 1.94 bits per heavy atom. The summed E-state index contributed by atoms with van der Waals surface area (Å²) in [5.74, 6) is -2.19. The molecule has 2 heterocycles. The standard InChI is InChI=1S/C24H20Cl2N2O3S/c25-16-9-10-20(26)19(12-16)21-14-32-24(27-21)28-11-5-4-8-17(15-6-2-1-3-7-15)18(23(28)31)13-22(29)30/h1-7,9-10,12,14,17-18H,8,11,13H2,(H,29,30). The maximum absolute atomic E-state index is 13.6. The van der Waals surface area contributed by atoms with E-state index in [1.807, 2.05) is 47.9 Å². The van der Waals surface area contributed by atoms with Crippen molar-refractivity contribution in [1.82, 2.24) is 4.98 Å². The average molecular weight is 487 g/mol. The minimum absolute atomic E-state index is 0.236. The predicted molar refractivity (Wildman–Crippen MR) is 129 cm³/mol. The minimum atomic E-state index is -1.00. The Hall–Kier alpha value is -2.67. The molecule has 0 bridgehead atoms. The molecule has 0 aliphatic carbocycles. The first-order valence-electron chi connectivity index (χ1n) is 10.1. The average Bonchev–Trinajstić information content (AvgIpc) is 3.25. The number of aliphatic carboxylic acids is 1. The highest BCUT2D eigenvalue weighted by molar-refractivity contribution is 7.14. The molecule has 5 nitrogen and oxygen atoms in total. The third-order valence-corrected chi connectivity index (χ3v) is 6.89. The molecule has 0 saturated heterocycles. The summed E-state index contributed by atoms with van der Waals surface area (Å²) in [7, 11) is 0. The van der Waals surface area contributed by atoms with Crippen LogP contribution in [0.3, 0.4) is 0 Å². The van der Waals surface area contributed by atoms with Gasteiger partial charge in [-0.2, -0.15) is 0 Å². The molecule has 32 heavy (non-hydrogen) atoms. The number of carbonyl (C=O) groups is 2. The van der Waals surface area contributed by atoms with Crippen molar-refractivity contribution in [2.75, 3.05) is 11.4 Å². The van der Waals surface area contributed by atoms with Crippen molar-refractivity contribution in [3.8, 4) is 11.3 Å². The molecule has 0 radical (unpaired) electrons. The normalized spacial score (nSPS) is 18.9. The number of hydrogen-bond donors (Lipinski definition) is 1. The SMILES string of the molecule is O=C(O)CC1C(=O)N(c2nc(-c3cc(Cl)ccc3Cl)cs2)CC=CCC1c1ccccc1. The Kier molecular flexibility index (Phi) is 6.94. The molecule has 164 valence electrons. The van der Waals surface area contributed by atoms with Crippen molar-refractivity contribution in [2.45, 2.75) is 18.8 Å². The molecule has 2 aromatic carbocycles. The van der Waals surface area contributed by atoms with Crippen molar-refractivity contribution in [2.24, 2.45) is 5.92 Å². The molecule has 1 N–H and O–H groups in total. The van der Waals surface area contributed by atoms with Gasteiger partial charge in [-0.1, -0.05) is 65.7 Å². The lowest BCUT2D eigenvalue weighted by atomic mass is 9.80. The molecule has 4 rings (SSSR count). The number of benzene rings is 2. The zero-order chi connectivity index (χ0) is 22.7. The van der Waals surface area contributed by atoms with Crippen LogP contribution in [0.2, 0.25) is 10.0 Å². The van der Waals surface area contributed by atoms with E-state index in [1.165, 1.54) is 11.3 Å². The number of allylic oxidation sites excluding steroid dienone is 1. The van der Waals surface area contributed by atoms with Crippen molar-refractivity contribution in [3.63, 3.8) is 0 Å². The van der Waals surface area contributed by atoms with E-state index in [2.05, 4.69) is 4.98 Å². The van der Waals surface area contributed by atoms with Crippen LogP contribution >= 0.6 is 34.5 Å². The number of carboxylic acid groups (broad SMARTS) is 1. The Morgan fingerprint density at radius 3 is 2.69 bits per heavy atom. The maximum Gasteiger partial charge on any atom is 0.304 e. The smallest absolute Gasteiger partial charge is 0.304 e. The van der Waals surface area contributed by atoms with Crippen LogP contribution in [0.4, 0.5) is 5.13 Å². The second-order valence-electron chi connectivity index (χ2n) is 7.52. The van der Waals surface area contributed by atoms with Gasteiger partial charge in [0.2, 0.25) is 5.91 Å². The Morgan fingerprint density at radius 1 is 1.16 bits per heavy atom. The molecule has 1 aliphatic heterocycles. The van der Waals surface area contributed by atoms with Crippen LogP contribution in [0.25, 0.3) is 11.3 Å². The van der Waals surface area contributed by atoms with Crippen LogP contribution in [-0.4, -0.2) is 28.5 Å². The van der Waals surface area contributed by atoms with E-state index in [-0.39, 0.29) is 18.2 Å². The lowest BCUT2D eigenvalue weighted by Crippen LogP contribution is -2.40. The fourth-order valence-corrected chi connectivity index (χ4v) is 5.14. The fraction of sp³-hybridized carbons (Fsp3) is 0.208. The zero-order valence-electron chi connectivity index (χ0n) is 16.9. The monoisotopic (exact) mass is 486 g/mol. The molecular formula is C24H20Cl2N2O3S. The number of carbonyl (C=O) groups excluding carboxylic acids is 1. The van der Waals surface area contributed by atoms with Crippen LogP contribution in [-0.2, 0) is 9.59 Å². The maximum atomic E-state index is 13.6. The number of hydrogen-bond acceptors (Lipinski definition) is 4. The van der Waals surface area contributed by atoms with Crippen LogP contribution in [0.1, 0.15) is 24.3 Å². The number of aromatic nitrogens is 1. The van der Waals surface area contributed by atoms with Gasteiger partial charge in [-0.15, -0.1) is 11.3 Å². The third-order valence-electron chi connectivity index (χ3n) is 5.46. The van der Waals surface area contributed by atoms with E-state index in [9.17, 15) is 14.7 Å². The summed E-state index contributed by atoms with van der Waals surface area (Å²) in [6.07, 6.45) is 4.29. The molecule has 1 amide bonds. The van der Waals surface area contributed by atoms with Crippen molar-refractivity contribution in [3.05, 3.63) is 81.7 Å². The number of thiazole rings is 1. The Bertz CT molecular complexity index is 1160. The van der Waals surface area contributed by atoms with E-state index in [0.29, 0.717) is 39.4 Å². The van der Waals surface area contributed by atoms with Crippen LogP contribution in [0.5, 0.6) is 0 Å². The van der Waals surface area contributed by atoms with Crippen molar-refractivity contribution >= 4 is 51.5 Å². The number of nitrogens with zero attached hydrogens (tertiary/aromatic N) is 2. The number of rotatable bonds is 5. The van der Waals surface area contributed by atoms with Gasteiger partial charge in [0.15, 0.2) is 5.13 Å². The molecule has 3 aromatic rings. The second kappa shape index (κ2) is 9.86. The highest BCUT2D eigenvalue weighted by atomic mass is 35.5. The molecule has 1 aliphatic rings. The van der Waals surface area contributed by atoms with E-state index in [4.69, 9.17) is 23.2 Å². The van der Waals surface area contributed by atoms with E-state index >= 15 is 0 Å². The fourth-order valence-electron chi connectivity index (χ4n) is 3.91. The van der Waals surface area contributed by atoms with Crippen LogP contribution < -0.4 is 4.90 Å². The van der Waals surface area contributed by atoms with Gasteiger partial charge in [0, 0.05) is 22.5 Å². The first kappa shape index (κ1) is 22.5. The van der Waals surface area contributed by atoms with Gasteiger partial charge in [0.25, 0.3) is 0 Å². The van der Waals surface area contributed by atoms with Crippen molar-refractivity contribution < 1.29 is 14.7 Å².